The Bertz CT molecular complexity index is 562. The van der Waals surface area contributed by atoms with E-state index in [9.17, 15) is 17.9 Å². The van der Waals surface area contributed by atoms with Crippen LogP contribution in [0.4, 0.5) is 4.39 Å². The van der Waals surface area contributed by atoms with Crippen molar-refractivity contribution >= 4 is 21.8 Å². The Morgan fingerprint density at radius 3 is 2.30 bits per heavy atom. The van der Waals surface area contributed by atoms with Crippen LogP contribution >= 0.6 is 11.8 Å². The Morgan fingerprint density at radius 1 is 1.35 bits per heavy atom. The summed E-state index contributed by atoms with van der Waals surface area (Å²) in [7, 11) is -3.78. The molecule has 0 saturated carbocycles. The van der Waals surface area contributed by atoms with Crippen molar-refractivity contribution in [3.05, 3.63) is 29.1 Å². The van der Waals surface area contributed by atoms with Gasteiger partial charge in [0.25, 0.3) is 0 Å². The van der Waals surface area contributed by atoms with Crippen LogP contribution in [0.3, 0.4) is 0 Å². The number of aryl methyl sites for hydroxylation is 2. The number of sulfonamides is 1. The van der Waals surface area contributed by atoms with Crippen molar-refractivity contribution < 1.29 is 17.9 Å². The first-order valence-electron chi connectivity index (χ1n) is 6.07. The first kappa shape index (κ1) is 17.4. The average Bonchev–Trinajstić information content (AvgIpc) is 2.24. The van der Waals surface area contributed by atoms with Crippen LogP contribution in [0, 0.1) is 19.7 Å². The number of thioether (sulfide) groups is 1. The van der Waals surface area contributed by atoms with Crippen LogP contribution in [0.15, 0.2) is 17.0 Å². The van der Waals surface area contributed by atoms with E-state index in [2.05, 4.69) is 4.72 Å². The lowest BCUT2D eigenvalue weighted by Crippen LogP contribution is -2.42. The third-order valence-electron chi connectivity index (χ3n) is 2.79. The van der Waals surface area contributed by atoms with Crippen molar-refractivity contribution in [3.8, 4) is 0 Å². The van der Waals surface area contributed by atoms with E-state index in [-0.39, 0.29) is 11.4 Å². The highest BCUT2D eigenvalue weighted by molar-refractivity contribution is 7.98. The Balaban J connectivity index is 3.01. The average molecular weight is 321 g/mol. The van der Waals surface area contributed by atoms with Crippen LogP contribution in [0.1, 0.15) is 18.1 Å². The highest BCUT2D eigenvalue weighted by Crippen LogP contribution is 2.21. The Kier molecular flexibility index (Phi) is 5.60. The minimum absolute atomic E-state index is 0.0684. The summed E-state index contributed by atoms with van der Waals surface area (Å²) in [6.45, 7) is 4.57. The fourth-order valence-electron chi connectivity index (χ4n) is 2.01. The van der Waals surface area contributed by atoms with E-state index in [1.54, 1.807) is 20.8 Å². The molecular formula is C13H20FNO3S2. The maximum atomic E-state index is 13.2. The molecule has 0 aliphatic heterocycles. The maximum Gasteiger partial charge on any atom is 0.241 e. The second kappa shape index (κ2) is 6.43. The van der Waals surface area contributed by atoms with Gasteiger partial charge in [0.15, 0.2) is 0 Å². The van der Waals surface area contributed by atoms with Gasteiger partial charge in [0, 0.05) is 12.3 Å². The van der Waals surface area contributed by atoms with Gasteiger partial charge in [-0.05, 0) is 50.3 Å². The maximum absolute atomic E-state index is 13.2. The third-order valence-corrected chi connectivity index (χ3v) is 5.41. The molecule has 0 radical (unpaired) electrons. The standard InChI is InChI=1S/C13H20FNO3S2/c1-9-5-11(14)6-10(2)12(9)20(17,18)15-7-13(3,16)8-19-4/h5-6,15-16H,7-8H2,1-4H3. The van der Waals surface area contributed by atoms with Crippen molar-refractivity contribution in [3.63, 3.8) is 0 Å². The molecule has 2 N–H and O–H groups in total. The van der Waals surface area contributed by atoms with Crippen molar-refractivity contribution in [2.75, 3.05) is 18.6 Å². The normalized spacial score (nSPS) is 15.1. The van der Waals surface area contributed by atoms with Gasteiger partial charge in [0.2, 0.25) is 10.0 Å². The van der Waals surface area contributed by atoms with Crippen LogP contribution in [-0.2, 0) is 10.0 Å². The molecule has 20 heavy (non-hydrogen) atoms. The molecule has 1 rings (SSSR count). The zero-order valence-corrected chi connectivity index (χ0v) is 13.7. The number of halogens is 1. The third kappa shape index (κ3) is 4.44. The zero-order valence-electron chi connectivity index (χ0n) is 12.0. The Morgan fingerprint density at radius 2 is 1.85 bits per heavy atom. The van der Waals surface area contributed by atoms with E-state index in [0.717, 1.165) is 0 Å². The van der Waals surface area contributed by atoms with E-state index in [0.29, 0.717) is 16.9 Å². The zero-order chi connectivity index (χ0) is 15.6. The lowest BCUT2D eigenvalue weighted by atomic mass is 10.1. The first-order valence-corrected chi connectivity index (χ1v) is 8.94. The van der Waals surface area contributed by atoms with Crippen molar-refractivity contribution in [2.24, 2.45) is 0 Å². The molecule has 0 aliphatic rings. The minimum atomic E-state index is -3.78. The molecule has 1 aromatic rings. The Labute approximate surface area is 123 Å². The molecule has 1 unspecified atom stereocenters. The van der Waals surface area contributed by atoms with Gasteiger partial charge in [-0.15, -0.1) is 0 Å². The quantitative estimate of drug-likeness (QED) is 0.839. The molecule has 0 spiro atoms. The number of hydrogen-bond acceptors (Lipinski definition) is 4. The van der Waals surface area contributed by atoms with Gasteiger partial charge in [-0.25, -0.2) is 17.5 Å². The molecule has 1 aromatic carbocycles. The van der Waals surface area contributed by atoms with E-state index in [1.807, 2.05) is 6.26 Å². The highest BCUT2D eigenvalue weighted by atomic mass is 32.2. The van der Waals surface area contributed by atoms with Crippen molar-refractivity contribution in [1.29, 1.82) is 0 Å². The Hall–Kier alpha value is -0.630. The predicted octanol–water partition coefficient (Wildman–Crippen LogP) is 1.83. The van der Waals surface area contributed by atoms with E-state index in [1.165, 1.54) is 23.9 Å². The van der Waals surface area contributed by atoms with Gasteiger partial charge in [-0.2, -0.15) is 11.8 Å². The van der Waals surface area contributed by atoms with Crippen LogP contribution in [0.5, 0.6) is 0 Å². The molecular weight excluding hydrogens is 301 g/mol. The molecule has 7 heteroatoms. The van der Waals surface area contributed by atoms with Gasteiger partial charge in [-0.3, -0.25) is 0 Å². The number of nitrogens with one attached hydrogen (secondary N) is 1. The van der Waals surface area contributed by atoms with E-state index in [4.69, 9.17) is 0 Å². The summed E-state index contributed by atoms with van der Waals surface area (Å²) in [5.74, 6) is -0.0509. The summed E-state index contributed by atoms with van der Waals surface area (Å²) in [5, 5.41) is 10.00. The summed E-state index contributed by atoms with van der Waals surface area (Å²) in [4.78, 5) is 0.0684. The topological polar surface area (TPSA) is 66.4 Å². The number of aliphatic hydroxyl groups is 1. The van der Waals surface area contributed by atoms with Gasteiger partial charge >= 0.3 is 0 Å². The highest BCUT2D eigenvalue weighted by Gasteiger charge is 2.26. The second-order valence-electron chi connectivity index (χ2n) is 5.12. The molecule has 114 valence electrons. The molecule has 1 atom stereocenters. The smallest absolute Gasteiger partial charge is 0.241 e. The fraction of sp³-hybridized carbons (Fsp3) is 0.538. The molecule has 4 nitrogen and oxygen atoms in total. The molecule has 0 saturated heterocycles. The lowest BCUT2D eigenvalue weighted by molar-refractivity contribution is 0.0908. The van der Waals surface area contributed by atoms with Gasteiger partial charge < -0.3 is 5.11 Å². The lowest BCUT2D eigenvalue weighted by Gasteiger charge is -2.23. The number of hydrogen-bond donors (Lipinski definition) is 2. The largest absolute Gasteiger partial charge is 0.388 e. The minimum Gasteiger partial charge on any atom is -0.388 e. The van der Waals surface area contributed by atoms with Crippen molar-refractivity contribution in [2.45, 2.75) is 31.3 Å². The molecule has 0 heterocycles. The monoisotopic (exact) mass is 321 g/mol. The van der Waals surface area contributed by atoms with E-state index < -0.39 is 21.4 Å². The second-order valence-corrected chi connectivity index (χ2v) is 7.69. The summed E-state index contributed by atoms with van der Waals surface area (Å²) < 4.78 is 40.2. The van der Waals surface area contributed by atoms with Crippen molar-refractivity contribution in [1.82, 2.24) is 4.72 Å². The summed E-state index contributed by atoms with van der Waals surface area (Å²) in [6.07, 6.45) is 1.83. The number of benzene rings is 1. The molecule has 0 amide bonds. The van der Waals surface area contributed by atoms with Gasteiger partial charge in [0.1, 0.15) is 5.82 Å². The van der Waals surface area contributed by atoms with Crippen LogP contribution in [0.2, 0.25) is 0 Å². The van der Waals surface area contributed by atoms with Crippen LogP contribution in [0.25, 0.3) is 0 Å². The summed E-state index contributed by atoms with van der Waals surface area (Å²) in [5.41, 5.74) is -0.437. The summed E-state index contributed by atoms with van der Waals surface area (Å²) in [6, 6.07) is 2.36. The number of rotatable bonds is 6. The summed E-state index contributed by atoms with van der Waals surface area (Å²) >= 11 is 1.43. The predicted molar refractivity (Wildman–Crippen MR) is 80.1 cm³/mol. The van der Waals surface area contributed by atoms with Gasteiger partial charge in [-0.1, -0.05) is 0 Å². The molecule has 0 aromatic heterocycles. The molecule has 0 aliphatic carbocycles. The van der Waals surface area contributed by atoms with Crippen LogP contribution < -0.4 is 4.72 Å². The fourth-order valence-corrected chi connectivity index (χ4v) is 4.34. The first-order chi connectivity index (χ1) is 9.09. The molecule has 0 fully saturated rings. The molecule has 0 bridgehead atoms. The SMILES string of the molecule is CSCC(C)(O)CNS(=O)(=O)c1c(C)cc(F)cc1C. The van der Waals surface area contributed by atoms with Gasteiger partial charge in [0.05, 0.1) is 10.5 Å². The van der Waals surface area contributed by atoms with Crippen LogP contribution in [-0.4, -0.2) is 37.7 Å². The van der Waals surface area contributed by atoms with E-state index >= 15 is 0 Å².